The SMILES string of the molecule is CN=C(NCCS(=O)C(C)(C)C)NC(C)c1ccc(Cl)cc1.I. The minimum absolute atomic E-state index is 0. The Morgan fingerprint density at radius 1 is 1.30 bits per heavy atom. The highest BCUT2D eigenvalue weighted by Gasteiger charge is 2.18. The van der Waals surface area contributed by atoms with Crippen LogP contribution in [0.5, 0.6) is 0 Å². The normalized spacial score (nSPS) is 14.6. The highest BCUT2D eigenvalue weighted by atomic mass is 127. The van der Waals surface area contributed by atoms with Gasteiger partial charge in [-0.2, -0.15) is 0 Å². The number of rotatable bonds is 5. The summed E-state index contributed by atoms with van der Waals surface area (Å²) in [4.78, 5) is 4.20. The molecule has 1 aromatic carbocycles. The standard InChI is InChI=1S/C16H26ClN3OS.HI/c1-12(13-6-8-14(17)9-7-13)20-15(18-5)19-10-11-22(21)16(2,3)4;/h6-9,12H,10-11H2,1-5H3,(H2,18,19,20);1H. The van der Waals surface area contributed by atoms with Gasteiger partial charge in [-0.15, -0.1) is 24.0 Å². The molecule has 23 heavy (non-hydrogen) atoms. The van der Waals surface area contributed by atoms with Gasteiger partial charge >= 0.3 is 0 Å². The Morgan fingerprint density at radius 3 is 2.35 bits per heavy atom. The molecule has 0 spiro atoms. The van der Waals surface area contributed by atoms with Crippen molar-refractivity contribution in [3.05, 3.63) is 34.9 Å². The van der Waals surface area contributed by atoms with E-state index in [0.717, 1.165) is 10.6 Å². The van der Waals surface area contributed by atoms with E-state index in [-0.39, 0.29) is 34.8 Å². The van der Waals surface area contributed by atoms with E-state index in [9.17, 15) is 4.21 Å². The van der Waals surface area contributed by atoms with Crippen LogP contribution >= 0.6 is 35.6 Å². The number of hydrogen-bond acceptors (Lipinski definition) is 2. The number of aliphatic imine (C=N–C) groups is 1. The van der Waals surface area contributed by atoms with Crippen LogP contribution in [0, 0.1) is 0 Å². The van der Waals surface area contributed by atoms with Crippen molar-refractivity contribution in [2.75, 3.05) is 19.3 Å². The molecule has 1 rings (SSSR count). The largest absolute Gasteiger partial charge is 0.355 e. The van der Waals surface area contributed by atoms with Crippen molar-refractivity contribution in [3.63, 3.8) is 0 Å². The lowest BCUT2D eigenvalue weighted by molar-refractivity contribution is 0.645. The molecule has 2 unspecified atom stereocenters. The number of halogens is 2. The Labute approximate surface area is 164 Å². The summed E-state index contributed by atoms with van der Waals surface area (Å²) in [7, 11) is 0.860. The van der Waals surface area contributed by atoms with E-state index in [2.05, 4.69) is 22.5 Å². The molecular weight excluding hydrogens is 445 g/mol. The lowest BCUT2D eigenvalue weighted by Crippen LogP contribution is -2.41. The predicted molar refractivity (Wildman–Crippen MR) is 113 cm³/mol. The second kappa shape index (κ2) is 10.5. The first-order chi connectivity index (χ1) is 10.2. The fourth-order valence-electron chi connectivity index (χ4n) is 1.80. The van der Waals surface area contributed by atoms with Crippen LogP contribution < -0.4 is 10.6 Å². The van der Waals surface area contributed by atoms with Crippen molar-refractivity contribution in [1.82, 2.24) is 10.6 Å². The van der Waals surface area contributed by atoms with Gasteiger partial charge < -0.3 is 10.6 Å². The van der Waals surface area contributed by atoms with E-state index in [4.69, 9.17) is 11.6 Å². The fourth-order valence-corrected chi connectivity index (χ4v) is 2.83. The molecule has 0 aliphatic rings. The molecule has 1 aromatic rings. The summed E-state index contributed by atoms with van der Waals surface area (Å²) in [6.45, 7) is 8.64. The van der Waals surface area contributed by atoms with Gasteiger partial charge in [0.15, 0.2) is 5.96 Å². The molecule has 0 aliphatic carbocycles. The third kappa shape index (κ3) is 8.35. The molecular formula is C16H27ClIN3OS. The maximum atomic E-state index is 12.0. The van der Waals surface area contributed by atoms with Crippen LogP contribution in [0.25, 0.3) is 0 Å². The molecule has 4 nitrogen and oxygen atoms in total. The lowest BCUT2D eigenvalue weighted by Gasteiger charge is -2.20. The van der Waals surface area contributed by atoms with Crippen molar-refractivity contribution in [2.24, 2.45) is 4.99 Å². The molecule has 0 aliphatic heterocycles. The van der Waals surface area contributed by atoms with Gasteiger partial charge in [-0.05, 0) is 45.4 Å². The average Bonchev–Trinajstić information content (AvgIpc) is 2.45. The minimum atomic E-state index is -0.867. The molecule has 0 bridgehead atoms. The molecule has 0 fully saturated rings. The Kier molecular flexibility index (Phi) is 10.4. The van der Waals surface area contributed by atoms with Gasteiger partial charge in [0.1, 0.15) is 0 Å². The number of guanidine groups is 1. The van der Waals surface area contributed by atoms with E-state index < -0.39 is 10.8 Å². The molecule has 0 aromatic heterocycles. The molecule has 0 saturated carbocycles. The van der Waals surface area contributed by atoms with E-state index in [0.29, 0.717) is 18.3 Å². The van der Waals surface area contributed by atoms with E-state index >= 15 is 0 Å². The number of benzene rings is 1. The summed E-state index contributed by atoms with van der Waals surface area (Å²) < 4.78 is 11.8. The van der Waals surface area contributed by atoms with Crippen LogP contribution in [0.3, 0.4) is 0 Å². The zero-order valence-corrected chi connectivity index (χ0v) is 18.3. The topological polar surface area (TPSA) is 53.5 Å². The Hall–Kier alpha value is -0.340. The monoisotopic (exact) mass is 471 g/mol. The molecule has 0 heterocycles. The smallest absolute Gasteiger partial charge is 0.191 e. The Bertz CT molecular complexity index is 529. The van der Waals surface area contributed by atoms with E-state index in [1.165, 1.54) is 0 Å². The van der Waals surface area contributed by atoms with Crippen molar-refractivity contribution in [2.45, 2.75) is 38.5 Å². The maximum Gasteiger partial charge on any atom is 0.191 e. The molecule has 7 heteroatoms. The van der Waals surface area contributed by atoms with E-state index in [1.54, 1.807) is 7.05 Å². The van der Waals surface area contributed by atoms with Gasteiger partial charge in [0.05, 0.1) is 6.04 Å². The number of nitrogens with one attached hydrogen (secondary N) is 2. The van der Waals surface area contributed by atoms with Gasteiger partial charge in [-0.25, -0.2) is 0 Å². The quantitative estimate of drug-likeness (QED) is 0.391. The first kappa shape index (κ1) is 22.7. The Balaban J connectivity index is 0.00000484. The highest BCUT2D eigenvalue weighted by Crippen LogP contribution is 2.15. The van der Waals surface area contributed by atoms with Crippen molar-refractivity contribution in [1.29, 1.82) is 0 Å². The number of nitrogens with zero attached hydrogens (tertiary/aromatic N) is 1. The zero-order chi connectivity index (χ0) is 16.8. The van der Waals surface area contributed by atoms with Gasteiger partial charge in [-0.3, -0.25) is 9.20 Å². The summed E-state index contributed by atoms with van der Waals surface area (Å²) in [6.07, 6.45) is 0. The van der Waals surface area contributed by atoms with Crippen LogP contribution in [-0.2, 0) is 10.8 Å². The highest BCUT2D eigenvalue weighted by molar-refractivity contribution is 14.0. The molecule has 0 amide bonds. The predicted octanol–water partition coefficient (Wildman–Crippen LogP) is 3.73. The van der Waals surface area contributed by atoms with Crippen LogP contribution in [0.2, 0.25) is 5.02 Å². The summed E-state index contributed by atoms with van der Waals surface area (Å²) in [5.74, 6) is 1.30. The summed E-state index contributed by atoms with van der Waals surface area (Å²) in [5, 5.41) is 7.24. The van der Waals surface area contributed by atoms with Gasteiger partial charge in [0.25, 0.3) is 0 Å². The minimum Gasteiger partial charge on any atom is -0.355 e. The summed E-state index contributed by atoms with van der Waals surface area (Å²) in [6, 6.07) is 7.83. The molecule has 2 N–H and O–H groups in total. The first-order valence-corrected chi connectivity index (χ1v) is 9.05. The fraction of sp³-hybridized carbons (Fsp3) is 0.562. The molecule has 0 radical (unpaired) electrons. The first-order valence-electron chi connectivity index (χ1n) is 7.35. The summed E-state index contributed by atoms with van der Waals surface area (Å²) in [5.41, 5.74) is 1.13. The maximum absolute atomic E-state index is 12.0. The molecule has 0 saturated heterocycles. The molecule has 132 valence electrons. The third-order valence-electron chi connectivity index (χ3n) is 3.21. The van der Waals surface area contributed by atoms with Gasteiger partial charge in [0.2, 0.25) is 0 Å². The second-order valence-electron chi connectivity index (χ2n) is 6.08. The van der Waals surface area contributed by atoms with Crippen molar-refractivity contribution >= 4 is 52.3 Å². The van der Waals surface area contributed by atoms with Gasteiger partial charge in [0, 0.05) is 39.9 Å². The second-order valence-corrected chi connectivity index (χ2v) is 8.84. The van der Waals surface area contributed by atoms with E-state index in [1.807, 2.05) is 45.0 Å². The van der Waals surface area contributed by atoms with Crippen LogP contribution in [-0.4, -0.2) is 34.3 Å². The Morgan fingerprint density at radius 2 is 1.87 bits per heavy atom. The third-order valence-corrected chi connectivity index (χ3v) is 5.40. The van der Waals surface area contributed by atoms with Crippen LogP contribution in [0.1, 0.15) is 39.3 Å². The van der Waals surface area contributed by atoms with Crippen LogP contribution in [0.15, 0.2) is 29.3 Å². The molecule has 2 atom stereocenters. The average molecular weight is 472 g/mol. The van der Waals surface area contributed by atoms with Crippen molar-refractivity contribution < 1.29 is 4.21 Å². The van der Waals surface area contributed by atoms with Crippen LogP contribution in [0.4, 0.5) is 0 Å². The summed E-state index contributed by atoms with van der Waals surface area (Å²) >= 11 is 5.90. The van der Waals surface area contributed by atoms with Gasteiger partial charge in [-0.1, -0.05) is 23.7 Å². The zero-order valence-electron chi connectivity index (χ0n) is 14.4. The lowest BCUT2D eigenvalue weighted by atomic mass is 10.1. The van der Waals surface area contributed by atoms with Crippen molar-refractivity contribution in [3.8, 4) is 0 Å². The number of hydrogen-bond donors (Lipinski definition) is 2.